The number of para-hydroxylation sites is 10. The van der Waals surface area contributed by atoms with Crippen molar-refractivity contribution in [2.75, 3.05) is 41.9 Å². The van der Waals surface area contributed by atoms with Crippen molar-refractivity contribution in [1.82, 2.24) is 81.3 Å². The normalized spacial score (nSPS) is 9.89. The van der Waals surface area contributed by atoms with Crippen LogP contribution in [0.1, 0.15) is 42.2 Å². The third kappa shape index (κ3) is 26.0. The fourth-order valence-corrected chi connectivity index (χ4v) is 9.09. The highest BCUT2D eigenvalue weighted by Crippen LogP contribution is 2.18. The predicted octanol–water partition coefficient (Wildman–Crippen LogP) is 8.27. The molecule has 0 fully saturated rings. The molecule has 0 spiro atoms. The summed E-state index contributed by atoms with van der Waals surface area (Å²) in [5.41, 5.74) is 38.2. The molecule has 11 aromatic carbocycles. The van der Waals surface area contributed by atoms with Crippen LogP contribution in [0.4, 0.5) is 28.7 Å². The van der Waals surface area contributed by atoms with Gasteiger partial charge < -0.3 is 83.5 Å². The molecule has 35 heteroatoms. The lowest BCUT2D eigenvalue weighted by atomic mass is 9.80. The van der Waals surface area contributed by atoms with E-state index in [1.807, 2.05) is 153 Å². The standard InChI is InChI=1S/C8H12BNO2.C8H9NO2.2C7H7N3.C7H6N2.C7H7NO2.C7H6O3.C6H7BO2.C6H6N4.C6H5N3O.C6H5N3/c1-10(2)8-5-3-7(4-6-8)9(11)12;1-5-3-2-4-6(7(5)9)8(10)11;1-5-2-3-6-7(4-5)9-10-8-6;8-7-9-5-3-1-2-4-6(5)10-7;1-2-4-7-6(3-1)8-5-9-7;2*8-6-4-2-1-3-5(6)7(9)10;8-7(9)6-4-2-1-3-5-6;7-4-1-2-5-6(3-4)9-10-8-5;10-9-6-4-2-1-3-5(6)7-8-9;1-2-4-6-5(3-1)7-9-8-6/h3-6,11-12H,1-2H3;2-4H,9H2,1H3,(H,10,11);2-4H,1H3,(H,8,9,10);1-4H,(H3,8,9,10);1-5H,(H,8,9);1-4H,8H2,(H,9,10);1-4,8H,(H,9,10);1-5,8-9H;1-3H,7H2,(H,8,9,10);1-4,10H;1-4H,(H,7,8,9). The van der Waals surface area contributed by atoms with Crippen LogP contribution in [0.3, 0.4) is 0 Å². The first-order chi connectivity index (χ1) is 52.9. The Morgan fingerprint density at radius 3 is 1.42 bits per heavy atom. The number of anilines is 5. The van der Waals surface area contributed by atoms with Crippen LogP contribution in [0.5, 0.6) is 5.75 Å². The molecule has 6 heterocycles. The monoisotopic (exact) mass is 1490 g/mol. The van der Waals surface area contributed by atoms with Crippen LogP contribution in [0.25, 0.3) is 66.2 Å². The number of fused-ring (bicyclic) bond motifs is 6. The molecule has 0 saturated carbocycles. The lowest BCUT2D eigenvalue weighted by Gasteiger charge is -2.12. The first-order valence-corrected chi connectivity index (χ1v) is 32.8. The molecule has 0 aliphatic heterocycles. The number of aromatic hydroxyl groups is 1. The Balaban J connectivity index is 0.000000168. The van der Waals surface area contributed by atoms with E-state index in [4.69, 9.17) is 68.7 Å². The minimum atomic E-state index is -1.37. The third-order valence-electron chi connectivity index (χ3n) is 14.8. The van der Waals surface area contributed by atoms with E-state index in [9.17, 15) is 14.4 Å². The van der Waals surface area contributed by atoms with Crippen molar-refractivity contribution >= 4 is 138 Å². The lowest BCUT2D eigenvalue weighted by Crippen LogP contribution is -2.29. The summed E-state index contributed by atoms with van der Waals surface area (Å²) in [5.74, 6) is -2.81. The van der Waals surface area contributed by atoms with Crippen LogP contribution in [0.15, 0.2) is 261 Å². The molecule has 110 heavy (non-hydrogen) atoms. The Kier molecular flexibility index (Phi) is 31.4. The van der Waals surface area contributed by atoms with E-state index >= 15 is 0 Å². The molecule has 17 aromatic rings. The summed E-state index contributed by atoms with van der Waals surface area (Å²) < 4.78 is 0. The van der Waals surface area contributed by atoms with Crippen LogP contribution < -0.4 is 38.8 Å². The average Bonchev–Trinajstić information content (AvgIpc) is 1.61. The van der Waals surface area contributed by atoms with Crippen LogP contribution in [-0.2, 0) is 0 Å². The van der Waals surface area contributed by atoms with E-state index in [1.165, 1.54) is 29.8 Å². The number of aromatic amines is 5. The van der Waals surface area contributed by atoms with Gasteiger partial charge in [-0.15, -0.1) is 5.10 Å². The molecule has 0 unspecified atom stereocenters. The molecular formula is C75H77B2N21O12. The van der Waals surface area contributed by atoms with Gasteiger partial charge in [-0.3, -0.25) is 0 Å². The van der Waals surface area contributed by atoms with Gasteiger partial charge in [-0.2, -0.15) is 46.2 Å². The van der Waals surface area contributed by atoms with Gasteiger partial charge in [-0.25, -0.2) is 24.4 Å². The molecule has 0 bridgehead atoms. The smallest absolute Gasteiger partial charge is 0.488 e. The second-order valence-corrected chi connectivity index (χ2v) is 22.9. The Bertz CT molecular complexity index is 5340. The third-order valence-corrected chi connectivity index (χ3v) is 14.8. The van der Waals surface area contributed by atoms with E-state index in [-0.39, 0.29) is 22.4 Å². The van der Waals surface area contributed by atoms with E-state index in [0.29, 0.717) is 45.0 Å². The quantitative estimate of drug-likeness (QED) is 0.0423. The number of carboxylic acid groups (broad SMARTS) is 3. The van der Waals surface area contributed by atoms with E-state index in [1.54, 1.807) is 116 Å². The number of nitrogens with two attached hydrogens (primary N) is 4. The van der Waals surface area contributed by atoms with Gasteiger partial charge in [0.15, 0.2) is 5.95 Å². The molecule has 17 rings (SSSR count). The van der Waals surface area contributed by atoms with E-state index in [0.717, 1.165) is 71.3 Å². The first-order valence-electron chi connectivity index (χ1n) is 32.8. The summed E-state index contributed by atoms with van der Waals surface area (Å²) in [6, 6.07) is 74.8. The Morgan fingerprint density at radius 2 is 0.909 bits per heavy atom. The largest absolute Gasteiger partial charge is 0.507 e. The van der Waals surface area contributed by atoms with Crippen LogP contribution >= 0.6 is 0 Å². The van der Waals surface area contributed by atoms with Gasteiger partial charge in [0.2, 0.25) is 0 Å². The molecule has 560 valence electrons. The number of nitrogens with zero attached hydrogens (tertiary/aromatic N) is 12. The number of rotatable bonds is 6. The van der Waals surface area contributed by atoms with E-state index in [2.05, 4.69) is 76.5 Å². The number of nitrogen functional groups attached to an aromatic ring is 4. The summed E-state index contributed by atoms with van der Waals surface area (Å²) in [4.78, 5) is 47.8. The van der Waals surface area contributed by atoms with Gasteiger partial charge in [0.05, 0.1) is 39.5 Å². The van der Waals surface area contributed by atoms with Crippen molar-refractivity contribution in [3.8, 4) is 5.75 Å². The summed E-state index contributed by atoms with van der Waals surface area (Å²) in [7, 11) is 1.15. The maximum Gasteiger partial charge on any atom is 0.488 e. The molecular weight excluding hydrogens is 1410 g/mol. The average molecular weight is 1490 g/mol. The molecule has 6 aromatic heterocycles. The number of hydrogen-bond acceptors (Lipinski definition) is 24. The number of nitrogens with one attached hydrogen (secondary N) is 5. The summed E-state index contributed by atoms with van der Waals surface area (Å²) >= 11 is 0. The maximum absolute atomic E-state index is 10.5. The van der Waals surface area contributed by atoms with Crippen LogP contribution in [-0.4, -0.2) is 173 Å². The Labute approximate surface area is 627 Å². The van der Waals surface area contributed by atoms with Gasteiger partial charge in [-0.1, -0.05) is 138 Å². The minimum Gasteiger partial charge on any atom is -0.507 e. The van der Waals surface area contributed by atoms with Gasteiger partial charge in [0, 0.05) is 36.8 Å². The van der Waals surface area contributed by atoms with Crippen molar-refractivity contribution < 1.29 is 60.1 Å². The number of benzene rings is 11. The molecule has 0 aliphatic rings. The molecule has 0 amide bonds. The van der Waals surface area contributed by atoms with Gasteiger partial charge >= 0.3 is 32.1 Å². The molecule has 0 aliphatic carbocycles. The highest BCUT2D eigenvalue weighted by molar-refractivity contribution is 6.59. The molecule has 0 atom stereocenters. The Hall–Kier alpha value is -15.1. The highest BCUT2D eigenvalue weighted by Gasteiger charge is 2.12. The summed E-state index contributed by atoms with van der Waals surface area (Å²) in [6.07, 6.45) is 1.70. The van der Waals surface area contributed by atoms with Gasteiger partial charge in [-0.05, 0) is 162 Å². The zero-order valence-corrected chi connectivity index (χ0v) is 59.4. The number of aromatic nitrogens is 16. The maximum atomic E-state index is 10.5. The summed E-state index contributed by atoms with van der Waals surface area (Å²) in [5, 5.41) is 116. The minimum absolute atomic E-state index is 0.0671. The van der Waals surface area contributed by atoms with E-state index < -0.39 is 32.1 Å². The second kappa shape index (κ2) is 42.0. The summed E-state index contributed by atoms with van der Waals surface area (Å²) in [6.45, 7) is 3.82. The number of aromatic carboxylic acids is 3. The van der Waals surface area contributed by atoms with Crippen LogP contribution in [0.2, 0.25) is 0 Å². The number of phenols is 1. The van der Waals surface area contributed by atoms with Gasteiger partial charge in [0.25, 0.3) is 0 Å². The fraction of sp³-hybridized carbons (Fsp3) is 0.0533. The SMILES string of the molecule is CN(C)c1ccc(B(O)O)cc1.Cc1ccc2n[nH]nc2c1.Cc1cccc(C(=O)O)c1N.Nc1ccc2n[nH]nc2c1.Nc1ccccc1C(=O)O.Nc1nc2ccccc2[nH]1.O=C(O)c1ccccc1O.OB(O)c1ccccc1.On1nnc2ccccc21.c1ccc2[nH]cnc2c1.c1ccc2n[nH]nc2c1. The number of carboxylic acids is 3. The fourth-order valence-electron chi connectivity index (χ4n) is 9.09. The zero-order valence-electron chi connectivity index (χ0n) is 59.4. The van der Waals surface area contributed by atoms with Crippen molar-refractivity contribution in [3.05, 3.63) is 289 Å². The number of aryl methyl sites for hydroxylation is 2. The molecule has 22 N–H and O–H groups in total. The number of hydrogen-bond donors (Lipinski definition) is 18. The Morgan fingerprint density at radius 1 is 0.445 bits per heavy atom. The van der Waals surface area contributed by atoms with Crippen molar-refractivity contribution in [2.24, 2.45) is 0 Å². The van der Waals surface area contributed by atoms with Crippen LogP contribution in [0, 0.1) is 13.8 Å². The molecule has 33 nitrogen and oxygen atoms in total. The molecule has 0 radical (unpaired) electrons. The van der Waals surface area contributed by atoms with Gasteiger partial charge in [0.1, 0.15) is 55.4 Å². The molecule has 0 saturated heterocycles. The lowest BCUT2D eigenvalue weighted by molar-refractivity contribution is 0.0684. The number of H-pyrrole nitrogens is 5. The zero-order chi connectivity index (χ0) is 79.5. The highest BCUT2D eigenvalue weighted by atomic mass is 16.5. The second-order valence-electron chi connectivity index (χ2n) is 22.9. The number of carbonyl (C=O) groups is 3. The predicted molar refractivity (Wildman–Crippen MR) is 424 cm³/mol. The van der Waals surface area contributed by atoms with Crippen molar-refractivity contribution in [1.29, 1.82) is 0 Å². The first kappa shape index (κ1) is 82.2. The van der Waals surface area contributed by atoms with Crippen molar-refractivity contribution in [3.63, 3.8) is 0 Å². The van der Waals surface area contributed by atoms with Crippen molar-refractivity contribution in [2.45, 2.75) is 13.8 Å². The number of imidazole rings is 2. The topological polar surface area (TPSA) is 553 Å².